The van der Waals surface area contributed by atoms with Crippen molar-refractivity contribution in [2.24, 2.45) is 0 Å². The molecule has 0 unspecified atom stereocenters. The van der Waals surface area contributed by atoms with Gasteiger partial charge in [-0.25, -0.2) is 4.79 Å². The molecule has 0 fully saturated rings. The van der Waals surface area contributed by atoms with E-state index in [1.54, 1.807) is 0 Å². The summed E-state index contributed by atoms with van der Waals surface area (Å²) in [5.74, 6) is -2.25. The highest BCUT2D eigenvalue weighted by Gasteiger charge is 2.54. The molecule has 0 radical (unpaired) electrons. The molecule has 1 N–H and O–H groups in total. The van der Waals surface area contributed by atoms with Crippen LogP contribution in [-0.4, -0.2) is 36.1 Å². The first-order chi connectivity index (χ1) is 17.2. The van der Waals surface area contributed by atoms with E-state index in [1.165, 1.54) is 14.7 Å². The summed E-state index contributed by atoms with van der Waals surface area (Å²) in [5.41, 5.74) is 0. The molecule has 0 aliphatic carbocycles. The van der Waals surface area contributed by atoms with Crippen molar-refractivity contribution in [1.82, 2.24) is 0 Å². The predicted molar refractivity (Wildman–Crippen MR) is 141 cm³/mol. The summed E-state index contributed by atoms with van der Waals surface area (Å²) in [5, 5.41) is -4.07. The van der Waals surface area contributed by atoms with Crippen molar-refractivity contribution in [3.63, 3.8) is 0 Å². The Hall–Kier alpha value is -2.27. The summed E-state index contributed by atoms with van der Waals surface area (Å²) in [4.78, 5) is 14.8. The Balaban J connectivity index is 0.000000256. The van der Waals surface area contributed by atoms with Gasteiger partial charge in [-0.1, -0.05) is 83.4 Å². The van der Waals surface area contributed by atoms with E-state index in [0.29, 0.717) is 12.8 Å². The van der Waals surface area contributed by atoms with Crippen LogP contribution in [0.25, 0.3) is 0 Å². The summed E-state index contributed by atoms with van der Waals surface area (Å²) in [7, 11) is -5.78. The van der Waals surface area contributed by atoms with Crippen LogP contribution < -0.4 is 0 Å². The van der Waals surface area contributed by atoms with E-state index in [1.807, 2.05) is 0 Å². The van der Waals surface area contributed by atoms with Gasteiger partial charge in [0.2, 0.25) is 0 Å². The number of rotatable bonds is 11. The summed E-state index contributed by atoms with van der Waals surface area (Å²) in [6, 6.07) is 32.2. The van der Waals surface area contributed by atoms with Crippen LogP contribution in [0.3, 0.4) is 0 Å². The number of benzene rings is 3. The zero-order valence-electron chi connectivity index (χ0n) is 19.4. The molecule has 3 aromatic carbocycles. The van der Waals surface area contributed by atoms with Crippen LogP contribution in [0.2, 0.25) is 0 Å². The number of unbranched alkanes of at least 4 members (excludes halogenated alkanes) is 3. The van der Waals surface area contributed by atoms with E-state index in [2.05, 4.69) is 112 Å². The van der Waals surface area contributed by atoms with Gasteiger partial charge in [-0.15, -0.1) is 0 Å². The molecule has 0 aliphatic heterocycles. The van der Waals surface area contributed by atoms with Crippen LogP contribution in [0.15, 0.2) is 106 Å². The van der Waals surface area contributed by atoms with Gasteiger partial charge in [-0.05, 0) is 49.2 Å². The lowest BCUT2D eigenvalue weighted by Crippen LogP contribution is -2.39. The largest absolute Gasteiger partial charge is 0.465 e. The van der Waals surface area contributed by atoms with Crippen molar-refractivity contribution in [2.75, 3.05) is 11.9 Å². The minimum Gasteiger partial charge on any atom is -0.460 e. The Labute approximate surface area is 222 Å². The molecule has 0 heterocycles. The van der Waals surface area contributed by atoms with Gasteiger partial charge in [0.1, 0.15) is 0 Å². The maximum Gasteiger partial charge on any atom is 0.465 e. The topological polar surface area (TPSA) is 80.7 Å². The number of carbonyl (C=O) groups is 1. The first-order valence-corrected chi connectivity index (χ1v) is 14.9. The SMILES string of the molecule is O=C(OCCCCCCBr)C(F)(F)S(=O)(=O)O.c1ccc([S+](c2ccccc2)c2ccccc2)cc1. The third kappa shape index (κ3) is 9.31. The molecular formula is C26H28BrF2O5S2+. The predicted octanol–water partition coefficient (Wildman–Crippen LogP) is 6.75. The van der Waals surface area contributed by atoms with Crippen molar-refractivity contribution in [3.8, 4) is 0 Å². The van der Waals surface area contributed by atoms with Gasteiger partial charge in [0.25, 0.3) is 0 Å². The minimum absolute atomic E-state index is 0.0146. The van der Waals surface area contributed by atoms with Crippen LogP contribution in [-0.2, 0) is 30.5 Å². The van der Waals surface area contributed by atoms with Crippen molar-refractivity contribution in [1.29, 1.82) is 0 Å². The van der Waals surface area contributed by atoms with Gasteiger partial charge in [0, 0.05) is 5.33 Å². The fourth-order valence-electron chi connectivity index (χ4n) is 2.98. The summed E-state index contributed by atoms with van der Waals surface area (Å²) < 4.78 is 57.8. The Kier molecular flexibility index (Phi) is 12.6. The van der Waals surface area contributed by atoms with Gasteiger partial charge >= 0.3 is 21.3 Å². The van der Waals surface area contributed by atoms with Crippen LogP contribution in [0.5, 0.6) is 0 Å². The van der Waals surface area contributed by atoms with E-state index in [4.69, 9.17) is 4.55 Å². The zero-order valence-corrected chi connectivity index (χ0v) is 22.7. The number of alkyl halides is 3. The maximum atomic E-state index is 12.6. The molecule has 36 heavy (non-hydrogen) atoms. The number of carbonyl (C=O) groups excluding carboxylic acids is 1. The number of hydrogen-bond donors (Lipinski definition) is 1. The highest BCUT2D eigenvalue weighted by Crippen LogP contribution is 2.30. The summed E-state index contributed by atoms with van der Waals surface area (Å²) in [6.07, 6.45) is 2.79. The first-order valence-electron chi connectivity index (χ1n) is 11.2. The molecule has 0 spiro atoms. The van der Waals surface area contributed by atoms with E-state index >= 15 is 0 Å². The van der Waals surface area contributed by atoms with Gasteiger partial charge < -0.3 is 4.74 Å². The van der Waals surface area contributed by atoms with Gasteiger partial charge in [0.15, 0.2) is 14.7 Å². The lowest BCUT2D eigenvalue weighted by atomic mass is 10.2. The molecule has 0 bridgehead atoms. The Morgan fingerprint density at radius 1 is 0.778 bits per heavy atom. The van der Waals surface area contributed by atoms with E-state index in [0.717, 1.165) is 18.2 Å². The van der Waals surface area contributed by atoms with Gasteiger partial charge in [-0.3, -0.25) is 4.55 Å². The van der Waals surface area contributed by atoms with Crippen LogP contribution in [0.4, 0.5) is 8.78 Å². The minimum atomic E-state index is -5.77. The second kappa shape index (κ2) is 15.1. The molecule has 0 amide bonds. The van der Waals surface area contributed by atoms with Crippen molar-refractivity contribution < 1.29 is 31.3 Å². The number of esters is 1. The molecule has 0 saturated carbocycles. The lowest BCUT2D eigenvalue weighted by molar-refractivity contribution is -0.161. The summed E-state index contributed by atoms with van der Waals surface area (Å²) in [6.45, 7) is -0.299. The number of ether oxygens (including phenoxy) is 1. The lowest BCUT2D eigenvalue weighted by Gasteiger charge is -2.11. The normalized spacial score (nSPS) is 11.5. The molecular weight excluding hydrogens is 574 g/mol. The second-order valence-electron chi connectivity index (χ2n) is 7.48. The molecule has 3 aromatic rings. The van der Waals surface area contributed by atoms with Crippen molar-refractivity contribution in [2.45, 2.75) is 45.6 Å². The van der Waals surface area contributed by atoms with Crippen LogP contribution in [0.1, 0.15) is 25.7 Å². The molecule has 10 heteroatoms. The fourth-order valence-corrected chi connectivity index (χ4v) is 5.75. The Bertz CT molecular complexity index is 1050. The molecule has 3 rings (SSSR count). The van der Waals surface area contributed by atoms with Crippen LogP contribution in [0, 0.1) is 0 Å². The third-order valence-corrected chi connectivity index (χ3v) is 8.37. The quantitative estimate of drug-likeness (QED) is 0.0864. The van der Waals surface area contributed by atoms with E-state index in [9.17, 15) is 22.0 Å². The molecule has 5 nitrogen and oxygen atoms in total. The summed E-state index contributed by atoms with van der Waals surface area (Å²) >= 11 is 3.21. The van der Waals surface area contributed by atoms with E-state index < -0.39 is 21.3 Å². The molecule has 0 aromatic heterocycles. The standard InChI is InChI=1S/C18H15S.C8H13BrF2O5S/c1-4-10-16(11-5-1)19(17-12-6-2-7-13-17)18-14-8-3-9-15-18;9-5-3-1-2-4-6-16-7(12)8(10,11)17(13,14)15/h1-15H;1-6H2,(H,13,14,15)/q+1;. The fraction of sp³-hybridized carbons (Fsp3) is 0.269. The maximum absolute atomic E-state index is 12.6. The molecule has 194 valence electrons. The average molecular weight is 603 g/mol. The van der Waals surface area contributed by atoms with Crippen molar-refractivity contribution >= 4 is 42.9 Å². The monoisotopic (exact) mass is 601 g/mol. The number of halogens is 3. The van der Waals surface area contributed by atoms with Crippen LogP contribution >= 0.6 is 15.9 Å². The van der Waals surface area contributed by atoms with E-state index in [-0.39, 0.29) is 17.5 Å². The highest BCUT2D eigenvalue weighted by atomic mass is 79.9. The van der Waals surface area contributed by atoms with Gasteiger partial charge in [0.05, 0.1) is 17.5 Å². The highest BCUT2D eigenvalue weighted by molar-refractivity contribution is 9.09. The smallest absolute Gasteiger partial charge is 0.460 e. The second-order valence-corrected chi connectivity index (χ2v) is 11.8. The molecule has 0 atom stereocenters. The molecule has 0 aliphatic rings. The average Bonchev–Trinajstić information content (AvgIpc) is 2.88. The van der Waals surface area contributed by atoms with Gasteiger partial charge in [-0.2, -0.15) is 17.2 Å². The first kappa shape index (κ1) is 30.0. The Morgan fingerprint density at radius 2 is 1.17 bits per heavy atom. The number of hydrogen-bond acceptors (Lipinski definition) is 4. The molecule has 0 saturated heterocycles. The Morgan fingerprint density at radius 3 is 1.53 bits per heavy atom. The zero-order chi connectivity index (χ0) is 26.4. The third-order valence-electron chi connectivity index (χ3n) is 4.76. The van der Waals surface area contributed by atoms with Crippen molar-refractivity contribution in [3.05, 3.63) is 91.0 Å².